The third-order valence-electron chi connectivity index (χ3n) is 3.73. The number of rotatable bonds is 2. The standard InChI is InChI=1S/C19H24/c1-14-6-9-16(10-7-14)12-17-13-18(19(3,4)5)11-8-15(17)2/h6-11,13H,12H2,1-5H3. The average molecular weight is 252 g/mol. The Bertz CT molecular complexity index is 554. The zero-order chi connectivity index (χ0) is 14.0. The van der Waals surface area contributed by atoms with E-state index in [-0.39, 0.29) is 5.41 Å². The Hall–Kier alpha value is -1.56. The molecule has 19 heavy (non-hydrogen) atoms. The molecule has 0 amide bonds. The third kappa shape index (κ3) is 3.47. The lowest BCUT2D eigenvalue weighted by Crippen LogP contribution is -2.11. The third-order valence-corrected chi connectivity index (χ3v) is 3.73. The Balaban J connectivity index is 2.31. The maximum Gasteiger partial charge on any atom is -0.00230 e. The van der Waals surface area contributed by atoms with E-state index < -0.39 is 0 Å². The van der Waals surface area contributed by atoms with Crippen LogP contribution in [0, 0.1) is 13.8 Å². The Morgan fingerprint density at radius 2 is 1.47 bits per heavy atom. The molecule has 0 radical (unpaired) electrons. The Morgan fingerprint density at radius 3 is 2.05 bits per heavy atom. The molecule has 0 nitrogen and oxygen atoms in total. The van der Waals surface area contributed by atoms with E-state index in [1.165, 1.54) is 27.8 Å². The van der Waals surface area contributed by atoms with Gasteiger partial charge in [-0.05, 0) is 47.9 Å². The van der Waals surface area contributed by atoms with Crippen molar-refractivity contribution in [2.45, 2.75) is 46.5 Å². The molecule has 0 heteroatoms. The molecule has 0 aliphatic carbocycles. The van der Waals surface area contributed by atoms with Gasteiger partial charge in [-0.2, -0.15) is 0 Å². The number of hydrogen-bond donors (Lipinski definition) is 0. The van der Waals surface area contributed by atoms with Gasteiger partial charge in [0.2, 0.25) is 0 Å². The fourth-order valence-corrected chi connectivity index (χ4v) is 2.25. The van der Waals surface area contributed by atoms with Crippen molar-refractivity contribution in [3.05, 3.63) is 70.3 Å². The summed E-state index contributed by atoms with van der Waals surface area (Å²) in [4.78, 5) is 0. The van der Waals surface area contributed by atoms with Crippen molar-refractivity contribution in [2.24, 2.45) is 0 Å². The second-order valence-electron chi connectivity index (χ2n) is 6.55. The zero-order valence-electron chi connectivity index (χ0n) is 12.7. The summed E-state index contributed by atoms with van der Waals surface area (Å²) in [6.45, 7) is 11.2. The summed E-state index contributed by atoms with van der Waals surface area (Å²) < 4.78 is 0. The van der Waals surface area contributed by atoms with Gasteiger partial charge in [-0.3, -0.25) is 0 Å². The second-order valence-corrected chi connectivity index (χ2v) is 6.55. The molecule has 0 spiro atoms. The number of hydrogen-bond acceptors (Lipinski definition) is 0. The molecule has 0 atom stereocenters. The van der Waals surface area contributed by atoms with Gasteiger partial charge in [0, 0.05) is 0 Å². The maximum atomic E-state index is 2.37. The zero-order valence-corrected chi connectivity index (χ0v) is 12.7. The van der Waals surface area contributed by atoms with Crippen molar-refractivity contribution in [3.8, 4) is 0 Å². The molecule has 0 unspecified atom stereocenters. The van der Waals surface area contributed by atoms with Gasteiger partial charge in [-0.25, -0.2) is 0 Å². The molecule has 0 aromatic heterocycles. The molecule has 0 heterocycles. The summed E-state index contributed by atoms with van der Waals surface area (Å²) in [5.41, 5.74) is 7.17. The fourth-order valence-electron chi connectivity index (χ4n) is 2.25. The first-order chi connectivity index (χ1) is 8.86. The Labute approximate surface area is 117 Å². The Kier molecular flexibility index (Phi) is 3.80. The van der Waals surface area contributed by atoms with E-state index in [0.717, 1.165) is 6.42 Å². The number of aryl methyl sites for hydroxylation is 2. The van der Waals surface area contributed by atoms with Gasteiger partial charge in [0.05, 0.1) is 0 Å². The van der Waals surface area contributed by atoms with Crippen molar-refractivity contribution < 1.29 is 0 Å². The molecule has 2 aromatic rings. The van der Waals surface area contributed by atoms with E-state index in [1.54, 1.807) is 0 Å². The molecule has 100 valence electrons. The predicted octanol–water partition coefficient (Wildman–Crippen LogP) is 5.19. The quantitative estimate of drug-likeness (QED) is 0.690. The lowest BCUT2D eigenvalue weighted by Gasteiger charge is -2.21. The fraction of sp³-hybridized carbons (Fsp3) is 0.368. The van der Waals surface area contributed by atoms with Gasteiger partial charge >= 0.3 is 0 Å². The van der Waals surface area contributed by atoms with Crippen LogP contribution in [0.5, 0.6) is 0 Å². The van der Waals surface area contributed by atoms with E-state index in [0.29, 0.717) is 0 Å². The van der Waals surface area contributed by atoms with Crippen molar-refractivity contribution in [1.29, 1.82) is 0 Å². The van der Waals surface area contributed by atoms with Crippen LogP contribution in [0.2, 0.25) is 0 Å². The summed E-state index contributed by atoms with van der Waals surface area (Å²) in [6, 6.07) is 15.7. The van der Waals surface area contributed by atoms with E-state index >= 15 is 0 Å². The minimum atomic E-state index is 0.218. The number of benzene rings is 2. The topological polar surface area (TPSA) is 0 Å². The van der Waals surface area contributed by atoms with Crippen LogP contribution in [0.25, 0.3) is 0 Å². The van der Waals surface area contributed by atoms with Crippen molar-refractivity contribution in [3.63, 3.8) is 0 Å². The van der Waals surface area contributed by atoms with E-state index in [2.05, 4.69) is 77.1 Å². The predicted molar refractivity (Wildman–Crippen MR) is 83.9 cm³/mol. The minimum absolute atomic E-state index is 0.218. The lowest BCUT2D eigenvalue weighted by atomic mass is 9.84. The molecule has 0 N–H and O–H groups in total. The summed E-state index contributed by atoms with van der Waals surface area (Å²) in [5, 5.41) is 0. The average Bonchev–Trinajstić information content (AvgIpc) is 2.33. The first-order valence-electron chi connectivity index (χ1n) is 7.02. The second kappa shape index (κ2) is 5.21. The largest absolute Gasteiger partial charge is 0.0590 e. The highest BCUT2D eigenvalue weighted by atomic mass is 14.2. The van der Waals surface area contributed by atoms with Crippen LogP contribution in [0.1, 0.15) is 48.6 Å². The van der Waals surface area contributed by atoms with Crippen LogP contribution in [0.3, 0.4) is 0 Å². The van der Waals surface area contributed by atoms with E-state index in [4.69, 9.17) is 0 Å². The molecule has 0 saturated heterocycles. The van der Waals surface area contributed by atoms with Crippen molar-refractivity contribution >= 4 is 0 Å². The van der Waals surface area contributed by atoms with Gasteiger partial charge in [0.15, 0.2) is 0 Å². The first kappa shape index (κ1) is 13.9. The summed E-state index contributed by atoms with van der Waals surface area (Å²) in [7, 11) is 0. The smallest absolute Gasteiger partial charge is 0.00230 e. The van der Waals surface area contributed by atoms with Gasteiger partial charge < -0.3 is 0 Å². The SMILES string of the molecule is Cc1ccc(Cc2cc(C(C)(C)C)ccc2C)cc1. The monoisotopic (exact) mass is 252 g/mol. The molecule has 0 bridgehead atoms. The normalized spacial score (nSPS) is 11.6. The van der Waals surface area contributed by atoms with E-state index in [9.17, 15) is 0 Å². The highest BCUT2D eigenvalue weighted by Crippen LogP contribution is 2.25. The van der Waals surface area contributed by atoms with Crippen LogP contribution < -0.4 is 0 Å². The van der Waals surface area contributed by atoms with Crippen molar-refractivity contribution in [2.75, 3.05) is 0 Å². The molecule has 2 aromatic carbocycles. The van der Waals surface area contributed by atoms with Gasteiger partial charge in [0.25, 0.3) is 0 Å². The van der Waals surface area contributed by atoms with Gasteiger partial charge in [-0.15, -0.1) is 0 Å². The molecule has 2 rings (SSSR count). The van der Waals surface area contributed by atoms with Gasteiger partial charge in [-0.1, -0.05) is 68.8 Å². The lowest BCUT2D eigenvalue weighted by molar-refractivity contribution is 0.589. The van der Waals surface area contributed by atoms with Crippen LogP contribution >= 0.6 is 0 Å². The molecular weight excluding hydrogens is 228 g/mol. The molecule has 0 aliphatic rings. The summed E-state index contributed by atoms with van der Waals surface area (Å²) in [6.07, 6.45) is 1.02. The van der Waals surface area contributed by atoms with Crippen LogP contribution in [0.15, 0.2) is 42.5 Å². The first-order valence-corrected chi connectivity index (χ1v) is 7.02. The summed E-state index contributed by atoms with van der Waals surface area (Å²) in [5.74, 6) is 0. The van der Waals surface area contributed by atoms with Gasteiger partial charge in [0.1, 0.15) is 0 Å². The maximum absolute atomic E-state index is 2.37. The molecular formula is C19H24. The van der Waals surface area contributed by atoms with E-state index in [1.807, 2.05) is 0 Å². The Morgan fingerprint density at radius 1 is 0.842 bits per heavy atom. The van der Waals surface area contributed by atoms with Crippen LogP contribution in [-0.2, 0) is 11.8 Å². The van der Waals surface area contributed by atoms with Crippen LogP contribution in [-0.4, -0.2) is 0 Å². The highest BCUT2D eigenvalue weighted by molar-refractivity contribution is 5.38. The van der Waals surface area contributed by atoms with Crippen molar-refractivity contribution in [1.82, 2.24) is 0 Å². The van der Waals surface area contributed by atoms with Crippen LogP contribution in [0.4, 0.5) is 0 Å². The molecule has 0 saturated carbocycles. The summed E-state index contributed by atoms with van der Waals surface area (Å²) >= 11 is 0. The minimum Gasteiger partial charge on any atom is -0.0590 e. The molecule has 0 aliphatic heterocycles. The highest BCUT2D eigenvalue weighted by Gasteiger charge is 2.14. The molecule has 0 fully saturated rings.